The van der Waals surface area contributed by atoms with Crippen molar-refractivity contribution in [2.24, 2.45) is 11.3 Å². The van der Waals surface area contributed by atoms with Gasteiger partial charge in [0.15, 0.2) is 0 Å². The molecule has 4 atom stereocenters. The lowest BCUT2D eigenvalue weighted by atomic mass is 9.61. The van der Waals surface area contributed by atoms with Gasteiger partial charge in [-0.2, -0.15) is 0 Å². The van der Waals surface area contributed by atoms with Crippen molar-refractivity contribution in [3.05, 3.63) is 23.3 Å². The summed E-state index contributed by atoms with van der Waals surface area (Å²) < 4.78 is 0. The molecular formula is C15H24O3. The van der Waals surface area contributed by atoms with E-state index in [0.29, 0.717) is 6.42 Å². The van der Waals surface area contributed by atoms with Gasteiger partial charge in [0.25, 0.3) is 0 Å². The summed E-state index contributed by atoms with van der Waals surface area (Å²) in [5, 5.41) is 29.7. The Morgan fingerprint density at radius 1 is 1.50 bits per heavy atom. The fourth-order valence-corrected chi connectivity index (χ4v) is 3.26. The number of aliphatic hydroxyl groups is 3. The molecule has 4 unspecified atom stereocenters. The molecule has 0 amide bonds. The first kappa shape index (κ1) is 13.8. The van der Waals surface area contributed by atoms with Crippen LogP contribution in [0.15, 0.2) is 23.3 Å². The van der Waals surface area contributed by atoms with Crippen LogP contribution in [-0.4, -0.2) is 33.6 Å². The van der Waals surface area contributed by atoms with E-state index in [1.807, 2.05) is 0 Å². The van der Waals surface area contributed by atoms with E-state index >= 15 is 0 Å². The summed E-state index contributed by atoms with van der Waals surface area (Å²) in [6.07, 6.45) is 6.15. The smallest absolute Gasteiger partial charge is 0.0911 e. The monoisotopic (exact) mass is 252 g/mol. The van der Waals surface area contributed by atoms with Gasteiger partial charge >= 0.3 is 0 Å². The third-order valence-corrected chi connectivity index (χ3v) is 4.88. The van der Waals surface area contributed by atoms with Crippen LogP contribution in [0.3, 0.4) is 0 Å². The molecule has 0 saturated carbocycles. The van der Waals surface area contributed by atoms with Crippen LogP contribution in [0.2, 0.25) is 0 Å². The van der Waals surface area contributed by atoms with E-state index in [1.165, 1.54) is 5.57 Å². The van der Waals surface area contributed by atoms with Crippen LogP contribution < -0.4 is 0 Å². The van der Waals surface area contributed by atoms with E-state index in [4.69, 9.17) is 0 Å². The van der Waals surface area contributed by atoms with E-state index in [9.17, 15) is 15.3 Å². The van der Waals surface area contributed by atoms with Gasteiger partial charge in [0.2, 0.25) is 0 Å². The number of rotatable bonds is 2. The summed E-state index contributed by atoms with van der Waals surface area (Å²) in [6, 6.07) is 0. The zero-order valence-corrected chi connectivity index (χ0v) is 11.5. The second kappa shape index (κ2) is 4.48. The Labute approximate surface area is 109 Å². The van der Waals surface area contributed by atoms with Gasteiger partial charge in [-0.1, -0.05) is 24.6 Å². The normalized spacial score (nSPS) is 39.4. The Kier molecular flexibility index (Phi) is 3.43. The standard InChI is InChI=1S/C15H24O3/c1-10-4-5-13(17)14(2)7-6-11(8-12(10)14)15(3,18)9-16/h4,8,11,13,16-18H,5-7,9H2,1-3H3. The molecule has 3 nitrogen and oxygen atoms in total. The first-order valence-electron chi connectivity index (χ1n) is 6.72. The maximum absolute atomic E-state index is 10.2. The first-order valence-corrected chi connectivity index (χ1v) is 6.72. The van der Waals surface area contributed by atoms with Gasteiger partial charge in [0, 0.05) is 11.3 Å². The quantitative estimate of drug-likeness (QED) is 0.702. The summed E-state index contributed by atoms with van der Waals surface area (Å²) in [5.41, 5.74) is 1.07. The molecule has 2 rings (SSSR count). The van der Waals surface area contributed by atoms with Crippen LogP contribution in [0.5, 0.6) is 0 Å². The SMILES string of the molecule is CC1=CCC(O)C2(C)CCC(C(C)(O)CO)C=C12. The molecule has 0 spiro atoms. The van der Waals surface area contributed by atoms with Crippen LogP contribution in [0, 0.1) is 11.3 Å². The van der Waals surface area contributed by atoms with E-state index in [-0.39, 0.29) is 24.0 Å². The largest absolute Gasteiger partial charge is 0.393 e. The molecule has 0 aromatic rings. The minimum absolute atomic E-state index is 0.0424. The Hall–Kier alpha value is -0.640. The highest BCUT2D eigenvalue weighted by atomic mass is 16.3. The van der Waals surface area contributed by atoms with E-state index < -0.39 is 5.60 Å². The molecule has 3 N–H and O–H groups in total. The lowest BCUT2D eigenvalue weighted by Crippen LogP contribution is -2.45. The Morgan fingerprint density at radius 3 is 2.78 bits per heavy atom. The van der Waals surface area contributed by atoms with Crippen molar-refractivity contribution in [2.45, 2.75) is 51.7 Å². The average Bonchev–Trinajstić information content (AvgIpc) is 2.34. The Morgan fingerprint density at radius 2 is 2.17 bits per heavy atom. The minimum Gasteiger partial charge on any atom is -0.393 e. The van der Waals surface area contributed by atoms with E-state index in [0.717, 1.165) is 18.4 Å². The van der Waals surface area contributed by atoms with Crippen molar-refractivity contribution in [3.8, 4) is 0 Å². The molecule has 0 heterocycles. The lowest BCUT2D eigenvalue weighted by Gasteiger charge is -2.46. The van der Waals surface area contributed by atoms with Gasteiger partial charge in [-0.15, -0.1) is 0 Å². The van der Waals surface area contributed by atoms with Crippen molar-refractivity contribution in [1.29, 1.82) is 0 Å². The first-order chi connectivity index (χ1) is 8.31. The van der Waals surface area contributed by atoms with Gasteiger partial charge in [-0.25, -0.2) is 0 Å². The maximum Gasteiger partial charge on any atom is 0.0911 e. The number of hydrogen-bond donors (Lipinski definition) is 3. The summed E-state index contributed by atoms with van der Waals surface area (Å²) in [7, 11) is 0. The zero-order valence-electron chi connectivity index (χ0n) is 11.5. The highest BCUT2D eigenvalue weighted by Crippen LogP contribution is 2.50. The van der Waals surface area contributed by atoms with Crippen molar-refractivity contribution in [1.82, 2.24) is 0 Å². The molecule has 0 aliphatic heterocycles. The molecule has 0 aromatic carbocycles. The molecule has 0 radical (unpaired) electrons. The van der Waals surface area contributed by atoms with E-state index in [1.54, 1.807) is 6.92 Å². The zero-order chi connectivity index (χ0) is 13.6. The van der Waals surface area contributed by atoms with Crippen molar-refractivity contribution in [3.63, 3.8) is 0 Å². The highest BCUT2D eigenvalue weighted by molar-refractivity contribution is 5.41. The van der Waals surface area contributed by atoms with Crippen LogP contribution in [-0.2, 0) is 0 Å². The summed E-state index contributed by atoms with van der Waals surface area (Å²) >= 11 is 0. The van der Waals surface area contributed by atoms with Gasteiger partial charge < -0.3 is 15.3 Å². The van der Waals surface area contributed by atoms with Crippen LogP contribution >= 0.6 is 0 Å². The second-order valence-corrected chi connectivity index (χ2v) is 6.30. The second-order valence-electron chi connectivity index (χ2n) is 6.30. The third kappa shape index (κ3) is 2.04. The molecule has 2 aliphatic carbocycles. The molecule has 0 fully saturated rings. The number of aliphatic hydroxyl groups excluding tert-OH is 2. The van der Waals surface area contributed by atoms with Crippen LogP contribution in [0.25, 0.3) is 0 Å². The minimum atomic E-state index is -1.07. The topological polar surface area (TPSA) is 60.7 Å². The highest BCUT2D eigenvalue weighted by Gasteiger charge is 2.44. The van der Waals surface area contributed by atoms with Crippen molar-refractivity contribution in [2.75, 3.05) is 6.61 Å². The van der Waals surface area contributed by atoms with Crippen LogP contribution in [0.1, 0.15) is 40.0 Å². The maximum atomic E-state index is 10.2. The Bertz CT molecular complexity index is 395. The average molecular weight is 252 g/mol. The molecule has 2 aliphatic rings. The van der Waals surface area contributed by atoms with Gasteiger partial charge in [-0.05, 0) is 38.7 Å². The summed E-state index contributed by atoms with van der Waals surface area (Å²) in [6.45, 7) is 5.61. The van der Waals surface area contributed by atoms with E-state index in [2.05, 4.69) is 26.0 Å². The molecule has 18 heavy (non-hydrogen) atoms. The molecule has 0 saturated heterocycles. The fraction of sp³-hybridized carbons (Fsp3) is 0.733. The number of allylic oxidation sites excluding steroid dienone is 1. The summed E-state index contributed by atoms with van der Waals surface area (Å²) in [5.74, 6) is -0.0424. The Balaban J connectivity index is 2.39. The van der Waals surface area contributed by atoms with Gasteiger partial charge in [0.05, 0.1) is 18.3 Å². The van der Waals surface area contributed by atoms with Gasteiger partial charge in [0.1, 0.15) is 0 Å². The predicted octanol–water partition coefficient (Wildman–Crippen LogP) is 1.78. The number of hydrogen-bond acceptors (Lipinski definition) is 3. The number of fused-ring (bicyclic) bond motifs is 1. The predicted molar refractivity (Wildman–Crippen MR) is 71.0 cm³/mol. The molecule has 102 valence electrons. The molecule has 0 bridgehead atoms. The molecule has 0 aromatic heterocycles. The fourth-order valence-electron chi connectivity index (χ4n) is 3.26. The lowest BCUT2D eigenvalue weighted by molar-refractivity contribution is -0.0459. The van der Waals surface area contributed by atoms with Crippen molar-refractivity contribution >= 4 is 0 Å². The third-order valence-electron chi connectivity index (χ3n) is 4.88. The van der Waals surface area contributed by atoms with Gasteiger partial charge in [-0.3, -0.25) is 0 Å². The molecule has 3 heteroatoms. The molecular weight excluding hydrogens is 228 g/mol. The summed E-state index contributed by atoms with van der Waals surface area (Å²) in [4.78, 5) is 0. The van der Waals surface area contributed by atoms with Crippen LogP contribution in [0.4, 0.5) is 0 Å². The van der Waals surface area contributed by atoms with Crippen molar-refractivity contribution < 1.29 is 15.3 Å².